The predicted molar refractivity (Wildman–Crippen MR) is 82.4 cm³/mol. The highest BCUT2D eigenvalue weighted by atomic mass is 28.4. The molecule has 0 saturated carbocycles. The van der Waals surface area contributed by atoms with Crippen molar-refractivity contribution in [2.75, 3.05) is 13.7 Å². The normalized spacial score (nSPS) is 30.8. The molecule has 1 aliphatic rings. The van der Waals surface area contributed by atoms with Gasteiger partial charge in [0.1, 0.15) is 6.10 Å². The van der Waals surface area contributed by atoms with E-state index in [1.165, 1.54) is 7.11 Å². The number of aliphatic hydroxyl groups excluding tert-OH is 1. The third-order valence-electron chi connectivity index (χ3n) is 4.37. The van der Waals surface area contributed by atoms with Gasteiger partial charge in [-0.25, -0.2) is 0 Å². The smallest absolute Gasteiger partial charge is 0.192 e. The highest BCUT2D eigenvalue weighted by Crippen LogP contribution is 2.37. The maximum atomic E-state index is 9.99. The minimum Gasteiger partial charge on any atom is -0.414 e. The Balaban J connectivity index is 2.69. The van der Waals surface area contributed by atoms with Crippen LogP contribution in [-0.2, 0) is 13.9 Å². The van der Waals surface area contributed by atoms with Gasteiger partial charge in [-0.15, -0.1) is 0 Å². The van der Waals surface area contributed by atoms with Gasteiger partial charge in [0.05, 0.1) is 18.8 Å². The monoisotopic (exact) mass is 317 g/mol. The second-order valence-corrected chi connectivity index (χ2v) is 11.7. The van der Waals surface area contributed by atoms with E-state index in [1.807, 2.05) is 0 Å². The number of hydrogen-bond acceptors (Lipinski definition) is 5. The van der Waals surface area contributed by atoms with Crippen LogP contribution in [0.2, 0.25) is 18.1 Å². The minimum atomic E-state index is -1.87. The van der Waals surface area contributed by atoms with Crippen molar-refractivity contribution in [3.05, 3.63) is 10.4 Å². The topological polar surface area (TPSA) is 96.7 Å². The van der Waals surface area contributed by atoms with Gasteiger partial charge in [0, 0.05) is 12.0 Å². The van der Waals surface area contributed by atoms with Crippen molar-refractivity contribution in [2.24, 2.45) is 5.11 Å². The molecule has 1 fully saturated rings. The molecular formula is C13H27N3O4Si. The summed E-state index contributed by atoms with van der Waals surface area (Å²) >= 11 is 0. The Bertz CT molecular complexity index is 393. The first-order valence-electron chi connectivity index (χ1n) is 7.17. The average Bonchev–Trinajstić information content (AvgIpc) is 2.38. The van der Waals surface area contributed by atoms with E-state index >= 15 is 0 Å². The van der Waals surface area contributed by atoms with Crippen LogP contribution >= 0.6 is 0 Å². The quantitative estimate of drug-likeness (QED) is 0.365. The molecule has 1 saturated heterocycles. The molecular weight excluding hydrogens is 290 g/mol. The Hall–Kier alpha value is -0.633. The van der Waals surface area contributed by atoms with Gasteiger partial charge in [0.2, 0.25) is 0 Å². The van der Waals surface area contributed by atoms with Gasteiger partial charge < -0.3 is 19.0 Å². The molecule has 0 aromatic carbocycles. The van der Waals surface area contributed by atoms with Gasteiger partial charge in [-0.1, -0.05) is 25.9 Å². The van der Waals surface area contributed by atoms with Gasteiger partial charge >= 0.3 is 0 Å². The minimum absolute atomic E-state index is 0.117. The van der Waals surface area contributed by atoms with Crippen molar-refractivity contribution in [1.82, 2.24) is 0 Å². The van der Waals surface area contributed by atoms with E-state index in [0.717, 1.165) is 0 Å². The summed E-state index contributed by atoms with van der Waals surface area (Å²) in [5.74, 6) is 0. The Morgan fingerprint density at radius 2 is 2.05 bits per heavy atom. The van der Waals surface area contributed by atoms with Crippen LogP contribution in [0.15, 0.2) is 5.11 Å². The molecule has 0 aliphatic carbocycles. The summed E-state index contributed by atoms with van der Waals surface area (Å²) in [7, 11) is -0.409. The van der Waals surface area contributed by atoms with Crippen molar-refractivity contribution in [3.8, 4) is 0 Å². The fourth-order valence-electron chi connectivity index (χ4n) is 1.92. The molecule has 0 bridgehead atoms. The lowest BCUT2D eigenvalue weighted by Gasteiger charge is -2.40. The maximum absolute atomic E-state index is 9.99. The lowest BCUT2D eigenvalue weighted by Crippen LogP contribution is -2.51. The van der Waals surface area contributed by atoms with Crippen LogP contribution in [0.5, 0.6) is 0 Å². The molecule has 1 N–H and O–H groups in total. The molecule has 0 aromatic rings. The first kappa shape index (κ1) is 18.4. The van der Waals surface area contributed by atoms with Crippen LogP contribution < -0.4 is 0 Å². The largest absolute Gasteiger partial charge is 0.414 e. The zero-order valence-electron chi connectivity index (χ0n) is 13.7. The molecule has 0 aromatic heterocycles. The second-order valence-electron chi connectivity index (χ2n) is 6.93. The third kappa shape index (κ3) is 4.67. The van der Waals surface area contributed by atoms with Gasteiger partial charge in [-0.05, 0) is 30.1 Å². The predicted octanol–water partition coefficient (Wildman–Crippen LogP) is 2.81. The van der Waals surface area contributed by atoms with Crippen LogP contribution in [0.3, 0.4) is 0 Å². The summed E-state index contributed by atoms with van der Waals surface area (Å²) in [6.07, 6.45) is -1.56. The number of rotatable bonds is 5. The average molecular weight is 317 g/mol. The van der Waals surface area contributed by atoms with E-state index in [2.05, 4.69) is 43.9 Å². The van der Waals surface area contributed by atoms with Crippen molar-refractivity contribution >= 4 is 8.32 Å². The number of methoxy groups -OCH3 is 1. The van der Waals surface area contributed by atoms with Crippen LogP contribution in [0.1, 0.15) is 27.2 Å². The van der Waals surface area contributed by atoms with E-state index in [4.69, 9.17) is 19.4 Å². The molecule has 0 amide bonds. The summed E-state index contributed by atoms with van der Waals surface area (Å²) in [5, 5.41) is 13.7. The SMILES string of the molecule is CO[C@@H]1O[C@H](CO[Si](C)(C)C(C)(C)C)C[C@H](N=[N+]=[N-])[C@H]1O. The molecule has 1 aliphatic heterocycles. The Morgan fingerprint density at radius 3 is 2.52 bits per heavy atom. The maximum Gasteiger partial charge on any atom is 0.192 e. The molecule has 0 unspecified atom stereocenters. The van der Waals surface area contributed by atoms with Crippen LogP contribution in [0.25, 0.3) is 10.4 Å². The zero-order chi connectivity index (χ0) is 16.3. The molecule has 1 heterocycles. The number of hydrogen-bond donors (Lipinski definition) is 1. The number of aliphatic hydroxyl groups is 1. The fraction of sp³-hybridized carbons (Fsp3) is 1.00. The zero-order valence-corrected chi connectivity index (χ0v) is 14.7. The number of nitrogens with zero attached hydrogens (tertiary/aromatic N) is 3. The molecule has 0 radical (unpaired) electrons. The molecule has 122 valence electrons. The van der Waals surface area contributed by atoms with E-state index in [-0.39, 0.29) is 11.1 Å². The van der Waals surface area contributed by atoms with E-state index in [0.29, 0.717) is 13.0 Å². The molecule has 4 atom stereocenters. The lowest BCUT2D eigenvalue weighted by molar-refractivity contribution is -0.238. The summed E-state index contributed by atoms with van der Waals surface area (Å²) in [5.41, 5.74) is 8.59. The van der Waals surface area contributed by atoms with Crippen molar-refractivity contribution in [2.45, 2.75) is 69.9 Å². The summed E-state index contributed by atoms with van der Waals surface area (Å²) in [6, 6.07) is -0.554. The Morgan fingerprint density at radius 1 is 1.43 bits per heavy atom. The van der Waals surface area contributed by atoms with Gasteiger partial charge in [0.25, 0.3) is 0 Å². The summed E-state index contributed by atoms with van der Waals surface area (Å²) in [4.78, 5) is 2.78. The number of ether oxygens (including phenoxy) is 2. The van der Waals surface area contributed by atoms with Crippen LogP contribution in [0, 0.1) is 0 Å². The van der Waals surface area contributed by atoms with Crippen molar-refractivity contribution < 1.29 is 19.0 Å². The molecule has 21 heavy (non-hydrogen) atoms. The molecule has 8 heteroatoms. The Labute approximate surface area is 127 Å². The lowest BCUT2D eigenvalue weighted by atomic mass is 10.0. The standard InChI is InChI=1S/C13H27N3O4Si/c1-13(2,3)21(5,6)19-8-9-7-10(15-16-14)11(17)12(18-4)20-9/h9-12,17H,7-8H2,1-6H3/t9-,10-,11+,12+/m0/s1. The van der Waals surface area contributed by atoms with Crippen LogP contribution in [-0.4, -0.2) is 51.7 Å². The molecule has 0 spiro atoms. The fourth-order valence-corrected chi connectivity index (χ4v) is 2.95. The molecule has 7 nitrogen and oxygen atoms in total. The van der Waals surface area contributed by atoms with Gasteiger partial charge in [-0.2, -0.15) is 0 Å². The van der Waals surface area contributed by atoms with Crippen molar-refractivity contribution in [3.63, 3.8) is 0 Å². The van der Waals surface area contributed by atoms with E-state index < -0.39 is 26.8 Å². The molecule has 1 rings (SSSR count). The van der Waals surface area contributed by atoms with E-state index in [1.54, 1.807) is 0 Å². The van der Waals surface area contributed by atoms with Gasteiger partial charge in [0.15, 0.2) is 14.6 Å². The first-order chi connectivity index (χ1) is 9.62. The number of azide groups is 1. The van der Waals surface area contributed by atoms with Crippen molar-refractivity contribution in [1.29, 1.82) is 0 Å². The Kier molecular flexibility index (Phi) is 6.21. The highest BCUT2D eigenvalue weighted by molar-refractivity contribution is 6.74. The second kappa shape index (κ2) is 7.08. The van der Waals surface area contributed by atoms with E-state index in [9.17, 15) is 5.11 Å². The van der Waals surface area contributed by atoms with Crippen LogP contribution in [0.4, 0.5) is 0 Å². The third-order valence-corrected chi connectivity index (χ3v) is 8.87. The summed E-state index contributed by atoms with van der Waals surface area (Å²) < 4.78 is 16.9. The van der Waals surface area contributed by atoms with Gasteiger partial charge in [-0.3, -0.25) is 0 Å². The summed E-state index contributed by atoms with van der Waals surface area (Å²) in [6.45, 7) is 11.3. The highest BCUT2D eigenvalue weighted by Gasteiger charge is 2.41. The first-order valence-corrected chi connectivity index (χ1v) is 10.1.